The Kier molecular flexibility index (Phi) is 6.34. The minimum Gasteiger partial charge on any atom is -0.490 e. The number of nitrogens with one attached hydrogen (secondary N) is 2. The average molecular weight is 437 g/mol. The Morgan fingerprint density at radius 2 is 1.97 bits per heavy atom. The van der Waals surface area contributed by atoms with E-state index >= 15 is 4.39 Å². The van der Waals surface area contributed by atoms with Crippen LogP contribution in [0.1, 0.15) is 29.4 Å². The van der Waals surface area contributed by atoms with Crippen molar-refractivity contribution in [2.45, 2.75) is 19.8 Å². The summed E-state index contributed by atoms with van der Waals surface area (Å²) in [6, 6.07) is 10.2. The third kappa shape index (κ3) is 4.56. The highest BCUT2D eigenvalue weighted by atomic mass is 19.1. The molecule has 0 fully saturated rings. The van der Waals surface area contributed by atoms with Crippen LogP contribution in [0.3, 0.4) is 0 Å². The molecule has 0 aliphatic carbocycles. The number of halogens is 2. The summed E-state index contributed by atoms with van der Waals surface area (Å²) in [5.41, 5.74) is 2.07. The summed E-state index contributed by atoms with van der Waals surface area (Å²) in [7, 11) is 0. The molecule has 0 aliphatic rings. The quantitative estimate of drug-likeness (QED) is 0.406. The summed E-state index contributed by atoms with van der Waals surface area (Å²) in [6.45, 7) is 2.47. The van der Waals surface area contributed by atoms with Crippen LogP contribution < -0.4 is 10.1 Å². The number of aryl methyl sites for hydroxylation is 1. The molecule has 0 bridgehead atoms. The van der Waals surface area contributed by atoms with Crippen molar-refractivity contribution >= 4 is 16.8 Å². The van der Waals surface area contributed by atoms with Crippen LogP contribution in [0.15, 0.2) is 48.7 Å². The molecule has 0 saturated heterocycles. The largest absolute Gasteiger partial charge is 0.490 e. The second-order valence-corrected chi connectivity index (χ2v) is 7.10. The van der Waals surface area contributed by atoms with Crippen molar-refractivity contribution in [3.05, 3.63) is 71.6 Å². The van der Waals surface area contributed by atoms with Crippen LogP contribution in [-0.2, 0) is 6.42 Å². The van der Waals surface area contributed by atoms with Gasteiger partial charge in [0.25, 0.3) is 5.91 Å². The molecule has 4 rings (SSSR count). The fraction of sp³-hybridized carbons (Fsp3) is 0.217. The van der Waals surface area contributed by atoms with Crippen molar-refractivity contribution in [3.8, 4) is 17.0 Å². The summed E-state index contributed by atoms with van der Waals surface area (Å²) in [5.74, 6) is -1.27. The Bertz CT molecular complexity index is 1230. The summed E-state index contributed by atoms with van der Waals surface area (Å²) in [6.07, 6.45) is 3.11. The first kappa shape index (κ1) is 21.4. The van der Waals surface area contributed by atoms with Gasteiger partial charge in [0, 0.05) is 29.3 Å². The minimum absolute atomic E-state index is 0.0334. The van der Waals surface area contributed by atoms with E-state index in [4.69, 9.17) is 4.74 Å². The molecule has 0 radical (unpaired) electrons. The van der Waals surface area contributed by atoms with Crippen LogP contribution in [0.2, 0.25) is 0 Å². The molecule has 0 aliphatic heterocycles. The predicted octanol–water partition coefficient (Wildman–Crippen LogP) is 4.06. The third-order valence-electron chi connectivity index (χ3n) is 4.91. The monoisotopic (exact) mass is 437 g/mol. The lowest BCUT2D eigenvalue weighted by Crippen LogP contribution is -2.24. The number of carbonyl (C=O) groups excluding carboxylic acids is 1. The molecule has 2 aromatic heterocycles. The van der Waals surface area contributed by atoms with Crippen LogP contribution in [-0.4, -0.2) is 39.5 Å². The van der Waals surface area contributed by atoms with E-state index < -0.39 is 11.6 Å². The van der Waals surface area contributed by atoms with E-state index in [1.807, 2.05) is 0 Å². The van der Waals surface area contributed by atoms with Gasteiger partial charge in [0.15, 0.2) is 11.6 Å². The number of rotatable bonds is 8. The Labute approximate surface area is 182 Å². The number of carbonyl (C=O) groups is 1. The van der Waals surface area contributed by atoms with Gasteiger partial charge in [-0.1, -0.05) is 5.21 Å². The first-order valence-electron chi connectivity index (χ1n) is 10.2. The minimum atomic E-state index is -0.629. The average Bonchev–Trinajstić information content (AvgIpc) is 3.32. The number of pyridine rings is 1. The smallest absolute Gasteiger partial charge is 0.251 e. The highest BCUT2D eigenvalue weighted by Gasteiger charge is 2.19. The topological polar surface area (TPSA) is 92.8 Å². The molecule has 2 N–H and O–H groups in total. The first-order chi connectivity index (χ1) is 15.6. The Hall–Kier alpha value is -3.88. The van der Waals surface area contributed by atoms with E-state index in [1.54, 1.807) is 31.3 Å². The standard InChI is InChI=1S/C23H21F2N5O2/c1-2-32-22-18-10-7-15(23(31)26-11-3-4-17-13-27-30-29-17)12-19(18)28-21(20(22)25)14-5-8-16(24)9-6-14/h5-10,12-13H,2-4,11H2,1H3,(H,26,31)(H,27,29,30). The molecule has 4 aromatic rings. The molecule has 1 amide bonds. The molecule has 9 heteroatoms. The van der Waals surface area contributed by atoms with Crippen molar-refractivity contribution in [1.82, 2.24) is 25.7 Å². The summed E-state index contributed by atoms with van der Waals surface area (Å²) >= 11 is 0. The van der Waals surface area contributed by atoms with Gasteiger partial charge in [-0.2, -0.15) is 0 Å². The molecule has 2 heterocycles. The lowest BCUT2D eigenvalue weighted by Gasteiger charge is -2.13. The molecule has 164 valence electrons. The van der Waals surface area contributed by atoms with Crippen molar-refractivity contribution in [2.75, 3.05) is 13.2 Å². The maximum absolute atomic E-state index is 15.2. The van der Waals surface area contributed by atoms with Gasteiger partial charge in [-0.15, -0.1) is 5.10 Å². The maximum atomic E-state index is 15.2. The van der Waals surface area contributed by atoms with Gasteiger partial charge in [-0.05, 0) is 62.2 Å². The van der Waals surface area contributed by atoms with Gasteiger partial charge in [0.1, 0.15) is 11.5 Å². The van der Waals surface area contributed by atoms with Gasteiger partial charge < -0.3 is 10.1 Å². The summed E-state index contributed by atoms with van der Waals surface area (Å²) in [4.78, 5) is 17.0. The number of hydrogen-bond acceptors (Lipinski definition) is 5. The van der Waals surface area contributed by atoms with Crippen LogP contribution in [0.25, 0.3) is 22.2 Å². The zero-order valence-electron chi connectivity index (χ0n) is 17.4. The Morgan fingerprint density at radius 1 is 1.16 bits per heavy atom. The van der Waals surface area contributed by atoms with Gasteiger partial charge in [-0.3, -0.25) is 9.89 Å². The number of hydrogen-bond donors (Lipinski definition) is 2. The van der Waals surface area contributed by atoms with E-state index in [-0.39, 0.29) is 24.0 Å². The van der Waals surface area contributed by atoms with Crippen molar-refractivity contribution in [2.24, 2.45) is 0 Å². The molecule has 32 heavy (non-hydrogen) atoms. The fourth-order valence-electron chi connectivity index (χ4n) is 3.36. The van der Waals surface area contributed by atoms with E-state index in [1.165, 1.54) is 24.3 Å². The first-order valence-corrected chi connectivity index (χ1v) is 10.2. The van der Waals surface area contributed by atoms with Gasteiger partial charge in [0.2, 0.25) is 0 Å². The highest BCUT2D eigenvalue weighted by molar-refractivity contribution is 5.99. The lowest BCUT2D eigenvalue weighted by molar-refractivity contribution is 0.0953. The van der Waals surface area contributed by atoms with Gasteiger partial charge in [0.05, 0.1) is 17.8 Å². The predicted molar refractivity (Wildman–Crippen MR) is 115 cm³/mol. The molecule has 0 atom stereocenters. The number of amides is 1. The Balaban J connectivity index is 1.60. The number of H-pyrrole nitrogens is 1. The number of ether oxygens (including phenoxy) is 1. The Morgan fingerprint density at radius 3 is 2.69 bits per heavy atom. The zero-order chi connectivity index (χ0) is 22.5. The van der Waals surface area contributed by atoms with E-state index in [9.17, 15) is 9.18 Å². The van der Waals surface area contributed by atoms with E-state index in [0.717, 1.165) is 5.69 Å². The lowest BCUT2D eigenvalue weighted by atomic mass is 10.1. The number of benzene rings is 2. The van der Waals surface area contributed by atoms with E-state index in [2.05, 4.69) is 25.7 Å². The molecular weight excluding hydrogens is 416 g/mol. The van der Waals surface area contributed by atoms with Gasteiger partial charge in [-0.25, -0.2) is 13.8 Å². The maximum Gasteiger partial charge on any atom is 0.251 e. The molecule has 0 saturated carbocycles. The molecule has 7 nitrogen and oxygen atoms in total. The third-order valence-corrected chi connectivity index (χ3v) is 4.91. The fourth-order valence-corrected chi connectivity index (χ4v) is 3.36. The normalized spacial score (nSPS) is 11.0. The molecule has 2 aromatic carbocycles. The number of fused-ring (bicyclic) bond motifs is 1. The molecule has 0 spiro atoms. The number of aromatic nitrogens is 4. The molecular formula is C23H21F2N5O2. The zero-order valence-corrected chi connectivity index (χ0v) is 17.4. The number of nitrogens with zero attached hydrogens (tertiary/aromatic N) is 3. The summed E-state index contributed by atoms with van der Waals surface area (Å²) < 4.78 is 34.0. The van der Waals surface area contributed by atoms with Crippen LogP contribution in [0, 0.1) is 11.6 Å². The van der Waals surface area contributed by atoms with Crippen LogP contribution in [0.5, 0.6) is 5.75 Å². The second kappa shape index (κ2) is 9.51. The van der Waals surface area contributed by atoms with Crippen molar-refractivity contribution in [1.29, 1.82) is 0 Å². The van der Waals surface area contributed by atoms with Crippen molar-refractivity contribution < 1.29 is 18.3 Å². The summed E-state index contributed by atoms with van der Waals surface area (Å²) in [5, 5.41) is 13.5. The second-order valence-electron chi connectivity index (χ2n) is 7.10. The van der Waals surface area contributed by atoms with Crippen LogP contribution in [0.4, 0.5) is 8.78 Å². The van der Waals surface area contributed by atoms with Crippen LogP contribution >= 0.6 is 0 Å². The SMILES string of the molecule is CCOc1c(F)c(-c2ccc(F)cc2)nc2cc(C(=O)NCCCc3c[nH]nn3)ccc12. The number of aromatic amines is 1. The van der Waals surface area contributed by atoms with Crippen molar-refractivity contribution in [3.63, 3.8) is 0 Å². The highest BCUT2D eigenvalue weighted by Crippen LogP contribution is 2.34. The van der Waals surface area contributed by atoms with Gasteiger partial charge >= 0.3 is 0 Å². The molecule has 0 unspecified atom stereocenters. The van der Waals surface area contributed by atoms with E-state index in [0.29, 0.717) is 41.4 Å².